The molecular formula is C12H9ClN2O3S. The van der Waals surface area contributed by atoms with Gasteiger partial charge in [-0.25, -0.2) is 0 Å². The van der Waals surface area contributed by atoms with E-state index < -0.39 is 10.8 Å². The predicted molar refractivity (Wildman–Crippen MR) is 73.6 cm³/mol. The van der Waals surface area contributed by atoms with E-state index in [0.29, 0.717) is 6.54 Å². The van der Waals surface area contributed by atoms with Crippen molar-refractivity contribution < 1.29 is 9.72 Å². The number of thiophene rings is 1. The molecule has 0 aliphatic heterocycles. The monoisotopic (exact) mass is 296 g/mol. The van der Waals surface area contributed by atoms with E-state index in [2.05, 4.69) is 5.32 Å². The molecule has 0 radical (unpaired) electrons. The largest absolute Gasteiger partial charge is 0.348 e. The van der Waals surface area contributed by atoms with Crippen LogP contribution >= 0.6 is 22.9 Å². The minimum Gasteiger partial charge on any atom is -0.348 e. The average molecular weight is 297 g/mol. The van der Waals surface area contributed by atoms with Gasteiger partial charge in [0.1, 0.15) is 10.6 Å². The first-order valence-electron chi connectivity index (χ1n) is 5.32. The molecule has 1 aromatic heterocycles. The van der Waals surface area contributed by atoms with Gasteiger partial charge in [0.2, 0.25) is 0 Å². The summed E-state index contributed by atoms with van der Waals surface area (Å²) in [6.07, 6.45) is 0. The van der Waals surface area contributed by atoms with Gasteiger partial charge in [0.25, 0.3) is 5.91 Å². The van der Waals surface area contributed by atoms with E-state index in [1.54, 1.807) is 0 Å². The highest BCUT2D eigenvalue weighted by atomic mass is 35.5. The van der Waals surface area contributed by atoms with E-state index >= 15 is 0 Å². The first kappa shape index (κ1) is 13.5. The van der Waals surface area contributed by atoms with E-state index in [0.717, 1.165) is 5.56 Å². The number of nitrogens with one attached hydrogen (secondary N) is 1. The van der Waals surface area contributed by atoms with Crippen LogP contribution in [-0.4, -0.2) is 10.8 Å². The fourth-order valence-electron chi connectivity index (χ4n) is 1.55. The van der Waals surface area contributed by atoms with Crippen LogP contribution in [-0.2, 0) is 6.54 Å². The number of amides is 1. The van der Waals surface area contributed by atoms with Gasteiger partial charge >= 0.3 is 5.69 Å². The van der Waals surface area contributed by atoms with Crippen molar-refractivity contribution >= 4 is 34.5 Å². The lowest BCUT2D eigenvalue weighted by molar-refractivity contribution is -0.385. The summed E-state index contributed by atoms with van der Waals surface area (Å²) in [5.74, 6) is -0.514. The maximum atomic E-state index is 11.9. The lowest BCUT2D eigenvalue weighted by atomic mass is 10.1. The van der Waals surface area contributed by atoms with Crippen LogP contribution in [0.2, 0.25) is 5.02 Å². The van der Waals surface area contributed by atoms with Crippen molar-refractivity contribution in [2.75, 3.05) is 0 Å². The minimum absolute atomic E-state index is 0.0345. The summed E-state index contributed by atoms with van der Waals surface area (Å²) in [5, 5.41) is 17.3. The standard InChI is InChI=1S/C12H9ClN2O3S/c13-10-3-1-2-9(11(10)15(17)18)12(16)14-6-8-4-5-19-7-8/h1-5,7H,6H2,(H,14,16). The van der Waals surface area contributed by atoms with Gasteiger partial charge in [-0.3, -0.25) is 14.9 Å². The van der Waals surface area contributed by atoms with Gasteiger partial charge in [0, 0.05) is 6.54 Å². The Bertz CT molecular complexity index is 613. The second-order valence-corrected chi connectivity index (χ2v) is 4.89. The Hall–Kier alpha value is -1.92. The first-order chi connectivity index (χ1) is 9.09. The molecule has 98 valence electrons. The van der Waals surface area contributed by atoms with E-state index in [9.17, 15) is 14.9 Å². The van der Waals surface area contributed by atoms with E-state index in [-0.39, 0.29) is 16.3 Å². The Kier molecular flexibility index (Phi) is 4.13. The van der Waals surface area contributed by atoms with E-state index in [1.165, 1.54) is 29.5 Å². The van der Waals surface area contributed by atoms with E-state index in [4.69, 9.17) is 11.6 Å². The number of hydrogen-bond donors (Lipinski definition) is 1. The zero-order chi connectivity index (χ0) is 13.8. The van der Waals surface area contributed by atoms with Crippen molar-refractivity contribution in [2.45, 2.75) is 6.54 Å². The zero-order valence-electron chi connectivity index (χ0n) is 9.63. The van der Waals surface area contributed by atoms with Crippen molar-refractivity contribution in [1.82, 2.24) is 5.32 Å². The van der Waals surface area contributed by atoms with Crippen LogP contribution in [0.5, 0.6) is 0 Å². The van der Waals surface area contributed by atoms with Crippen LogP contribution in [0.4, 0.5) is 5.69 Å². The van der Waals surface area contributed by atoms with Crippen LogP contribution in [0.15, 0.2) is 35.0 Å². The summed E-state index contributed by atoms with van der Waals surface area (Å²) in [5.41, 5.74) is 0.544. The van der Waals surface area contributed by atoms with Crippen LogP contribution < -0.4 is 5.32 Å². The average Bonchev–Trinajstić information content (AvgIpc) is 2.88. The molecule has 0 bridgehead atoms. The predicted octanol–water partition coefficient (Wildman–Crippen LogP) is 3.24. The Morgan fingerprint density at radius 1 is 1.42 bits per heavy atom. The molecule has 0 spiro atoms. The Labute approximate surface area is 118 Å². The Morgan fingerprint density at radius 2 is 2.21 bits per heavy atom. The number of rotatable bonds is 4. The van der Waals surface area contributed by atoms with Crippen LogP contribution in [0, 0.1) is 10.1 Å². The summed E-state index contributed by atoms with van der Waals surface area (Å²) in [6, 6.07) is 6.15. The summed E-state index contributed by atoms with van der Waals surface area (Å²) in [7, 11) is 0. The quantitative estimate of drug-likeness (QED) is 0.695. The summed E-state index contributed by atoms with van der Waals surface area (Å²) in [6.45, 7) is 0.325. The second-order valence-electron chi connectivity index (χ2n) is 3.71. The lowest BCUT2D eigenvalue weighted by Gasteiger charge is -2.05. The van der Waals surface area contributed by atoms with Gasteiger partial charge in [-0.05, 0) is 34.5 Å². The van der Waals surface area contributed by atoms with Gasteiger partial charge < -0.3 is 5.32 Å². The molecule has 2 rings (SSSR count). The molecule has 0 saturated carbocycles. The highest BCUT2D eigenvalue weighted by Crippen LogP contribution is 2.28. The Balaban J connectivity index is 2.19. The fraction of sp³-hybridized carbons (Fsp3) is 0.0833. The van der Waals surface area contributed by atoms with Gasteiger partial charge in [-0.1, -0.05) is 17.7 Å². The van der Waals surface area contributed by atoms with Crippen LogP contribution in [0.3, 0.4) is 0 Å². The zero-order valence-corrected chi connectivity index (χ0v) is 11.2. The van der Waals surface area contributed by atoms with E-state index in [1.807, 2.05) is 16.8 Å². The fourth-order valence-corrected chi connectivity index (χ4v) is 2.47. The number of hydrogen-bond acceptors (Lipinski definition) is 4. The first-order valence-corrected chi connectivity index (χ1v) is 6.64. The topological polar surface area (TPSA) is 72.2 Å². The maximum Gasteiger partial charge on any atom is 0.300 e. The maximum absolute atomic E-state index is 11.9. The second kappa shape index (κ2) is 5.81. The molecular weight excluding hydrogens is 288 g/mol. The minimum atomic E-state index is -0.651. The number of nitro groups is 1. The molecule has 19 heavy (non-hydrogen) atoms. The molecule has 2 aromatic rings. The molecule has 1 heterocycles. The molecule has 0 saturated heterocycles. The number of nitrogens with zero attached hydrogens (tertiary/aromatic N) is 1. The smallest absolute Gasteiger partial charge is 0.300 e. The summed E-state index contributed by atoms with van der Waals surface area (Å²) in [4.78, 5) is 22.2. The van der Waals surface area contributed by atoms with Gasteiger partial charge in [-0.2, -0.15) is 11.3 Å². The summed E-state index contributed by atoms with van der Waals surface area (Å²) < 4.78 is 0. The van der Waals surface area contributed by atoms with Crippen molar-refractivity contribution in [1.29, 1.82) is 0 Å². The third-order valence-electron chi connectivity index (χ3n) is 2.45. The molecule has 0 aliphatic rings. The number of carbonyl (C=O) groups excluding carboxylic acids is 1. The van der Waals surface area contributed by atoms with Crippen molar-refractivity contribution in [2.24, 2.45) is 0 Å². The van der Waals surface area contributed by atoms with Crippen LogP contribution in [0.25, 0.3) is 0 Å². The SMILES string of the molecule is O=C(NCc1ccsc1)c1cccc(Cl)c1[N+](=O)[O-]. The van der Waals surface area contributed by atoms with Crippen LogP contribution in [0.1, 0.15) is 15.9 Å². The molecule has 1 N–H and O–H groups in total. The number of nitro benzene ring substituents is 1. The third-order valence-corrected chi connectivity index (χ3v) is 3.48. The molecule has 0 atom stereocenters. The van der Waals surface area contributed by atoms with Gasteiger partial charge in [0.05, 0.1) is 4.92 Å². The third kappa shape index (κ3) is 3.10. The molecule has 5 nitrogen and oxygen atoms in total. The molecule has 1 amide bonds. The number of halogens is 1. The molecule has 7 heteroatoms. The number of para-hydroxylation sites is 1. The van der Waals surface area contributed by atoms with Crippen molar-refractivity contribution in [3.8, 4) is 0 Å². The number of benzene rings is 1. The lowest BCUT2D eigenvalue weighted by Crippen LogP contribution is -2.23. The normalized spacial score (nSPS) is 10.2. The van der Waals surface area contributed by atoms with Gasteiger partial charge in [0.15, 0.2) is 0 Å². The highest BCUT2D eigenvalue weighted by molar-refractivity contribution is 7.07. The van der Waals surface area contributed by atoms with Gasteiger partial charge in [-0.15, -0.1) is 0 Å². The highest BCUT2D eigenvalue weighted by Gasteiger charge is 2.23. The van der Waals surface area contributed by atoms with Crippen molar-refractivity contribution in [3.05, 3.63) is 61.3 Å². The molecule has 1 aromatic carbocycles. The molecule has 0 unspecified atom stereocenters. The molecule has 0 aliphatic carbocycles. The molecule has 0 fully saturated rings. The van der Waals surface area contributed by atoms with Crippen molar-refractivity contribution in [3.63, 3.8) is 0 Å². The Morgan fingerprint density at radius 3 is 2.84 bits per heavy atom. The number of carbonyl (C=O) groups is 1. The summed E-state index contributed by atoms with van der Waals surface area (Å²) >= 11 is 7.27.